The predicted octanol–water partition coefficient (Wildman–Crippen LogP) is 23.3. The van der Waals surface area contributed by atoms with Crippen molar-refractivity contribution in [2.24, 2.45) is 11.8 Å². The molecule has 0 bridgehead atoms. The lowest BCUT2D eigenvalue weighted by molar-refractivity contribution is 0.223. The summed E-state index contributed by atoms with van der Waals surface area (Å²) < 4.78 is 54.3. The zero-order chi connectivity index (χ0) is 53.4. The lowest BCUT2D eigenvalue weighted by Gasteiger charge is -2.18. The fourth-order valence-corrected chi connectivity index (χ4v) is 12.6. The van der Waals surface area contributed by atoms with E-state index in [-0.39, 0.29) is 11.6 Å². The summed E-state index contributed by atoms with van der Waals surface area (Å²) >= 11 is 2.65. The van der Waals surface area contributed by atoms with Crippen molar-refractivity contribution >= 4 is 34.1 Å². The molecule has 4 nitrogen and oxygen atoms in total. The number of benzene rings is 4. The van der Waals surface area contributed by atoms with Crippen LogP contribution in [0.5, 0.6) is 11.5 Å². The Morgan fingerprint density at radius 1 is 0.368 bits per heavy atom. The number of hydrogen-bond donors (Lipinski definition) is 0. The molecule has 0 radical (unpaired) electrons. The fraction of sp³-hybridized carbons (Fsp3) is 0.588. The summed E-state index contributed by atoms with van der Waals surface area (Å²) in [4.78, 5) is 1.79. The smallest absolute Gasteiger partial charge is 0.135 e. The summed E-state index contributed by atoms with van der Waals surface area (Å²) in [5.41, 5.74) is 5.77. The van der Waals surface area contributed by atoms with Crippen LogP contribution in [0.4, 0.5) is 8.78 Å². The van der Waals surface area contributed by atoms with Crippen LogP contribution in [0.2, 0.25) is 0 Å². The molecule has 0 aliphatic rings. The van der Waals surface area contributed by atoms with Crippen LogP contribution in [0.3, 0.4) is 0 Å². The average Bonchev–Trinajstić information content (AvgIpc) is 4.15. The second-order valence-electron chi connectivity index (χ2n) is 22.1. The largest absolute Gasteiger partial charge is 0.493 e. The quantitative estimate of drug-likeness (QED) is 0.0358. The Balaban J connectivity index is 1.04. The molecule has 2 heterocycles. The SMILES string of the molecule is CCCCCCCCCCC(CCCCCCCC)COc1ccc(-c2ccc(-c3ccc(-c4ccc(-c5ccc(OCC(CCCCCCCC)CCCCCCCCCC)cc5F)s4)c4nsnc34)c(F)c2)cc1. The van der Waals surface area contributed by atoms with E-state index in [2.05, 4.69) is 32.1 Å². The van der Waals surface area contributed by atoms with E-state index < -0.39 is 0 Å². The van der Waals surface area contributed by atoms with Crippen LogP contribution in [0.15, 0.2) is 84.9 Å². The topological polar surface area (TPSA) is 44.2 Å². The first-order valence-electron chi connectivity index (χ1n) is 30.7. The Bertz CT molecular complexity index is 2480. The minimum atomic E-state index is -0.309. The number of nitrogens with zero attached hydrogens (tertiary/aromatic N) is 2. The molecular weight excluding hydrogens is 979 g/mol. The van der Waals surface area contributed by atoms with Crippen LogP contribution >= 0.6 is 23.1 Å². The fourth-order valence-electron chi connectivity index (χ4n) is 11.0. The van der Waals surface area contributed by atoms with Gasteiger partial charge in [-0.15, -0.1) is 11.3 Å². The van der Waals surface area contributed by atoms with E-state index >= 15 is 8.78 Å². The van der Waals surface area contributed by atoms with Crippen molar-refractivity contribution in [3.63, 3.8) is 0 Å². The Kier molecular flexibility index (Phi) is 29.0. The van der Waals surface area contributed by atoms with Gasteiger partial charge >= 0.3 is 0 Å². The number of rotatable bonds is 42. The third-order valence-electron chi connectivity index (χ3n) is 15.8. The van der Waals surface area contributed by atoms with Gasteiger partial charge in [0.25, 0.3) is 0 Å². The molecule has 76 heavy (non-hydrogen) atoms. The van der Waals surface area contributed by atoms with Gasteiger partial charge in [0.15, 0.2) is 0 Å². The number of thiophene rings is 1. The lowest BCUT2D eigenvalue weighted by atomic mass is 9.94. The number of aromatic nitrogens is 2. The first kappa shape index (κ1) is 61.1. The molecule has 0 spiro atoms. The van der Waals surface area contributed by atoms with Crippen LogP contribution in [-0.4, -0.2) is 22.0 Å². The zero-order valence-electron chi connectivity index (χ0n) is 47.6. The van der Waals surface area contributed by atoms with Crippen molar-refractivity contribution in [3.05, 3.63) is 96.6 Å². The van der Waals surface area contributed by atoms with Crippen LogP contribution in [0.1, 0.15) is 233 Å². The molecule has 2 atom stereocenters. The first-order chi connectivity index (χ1) is 37.4. The molecule has 0 N–H and O–H groups in total. The molecule has 2 aromatic heterocycles. The summed E-state index contributed by atoms with van der Waals surface area (Å²) in [7, 11) is 0. The third-order valence-corrected chi connectivity index (χ3v) is 17.5. The van der Waals surface area contributed by atoms with E-state index in [9.17, 15) is 0 Å². The second-order valence-corrected chi connectivity index (χ2v) is 23.8. The van der Waals surface area contributed by atoms with Crippen LogP contribution < -0.4 is 9.47 Å². The number of fused-ring (bicyclic) bond motifs is 1. The van der Waals surface area contributed by atoms with Crippen LogP contribution in [0, 0.1) is 23.5 Å². The van der Waals surface area contributed by atoms with Gasteiger partial charge in [-0.05, 0) is 91.1 Å². The summed E-state index contributed by atoms with van der Waals surface area (Å²) in [6.45, 7) is 10.5. The van der Waals surface area contributed by atoms with Crippen molar-refractivity contribution in [3.8, 4) is 54.6 Å². The van der Waals surface area contributed by atoms with Gasteiger partial charge in [0.1, 0.15) is 34.2 Å². The molecule has 0 saturated carbocycles. The van der Waals surface area contributed by atoms with Gasteiger partial charge in [-0.1, -0.05) is 244 Å². The third kappa shape index (κ3) is 20.9. The zero-order valence-corrected chi connectivity index (χ0v) is 49.2. The number of ether oxygens (including phenoxy) is 2. The Labute approximate surface area is 467 Å². The van der Waals surface area contributed by atoms with Gasteiger partial charge in [-0.2, -0.15) is 8.75 Å². The van der Waals surface area contributed by atoms with Crippen molar-refractivity contribution in [1.29, 1.82) is 0 Å². The number of unbranched alkanes of at least 4 members (excludes halogenated alkanes) is 24. The maximum atomic E-state index is 16.2. The summed E-state index contributed by atoms with van der Waals surface area (Å²) in [6, 6.07) is 26.9. The molecule has 6 rings (SSSR count). The van der Waals surface area contributed by atoms with Crippen molar-refractivity contribution in [2.75, 3.05) is 13.2 Å². The molecule has 8 heteroatoms. The van der Waals surface area contributed by atoms with Gasteiger partial charge in [0.2, 0.25) is 0 Å². The minimum Gasteiger partial charge on any atom is -0.493 e. The van der Waals surface area contributed by atoms with E-state index in [1.54, 1.807) is 12.1 Å². The Morgan fingerprint density at radius 2 is 0.737 bits per heavy atom. The summed E-state index contributed by atoms with van der Waals surface area (Å²) in [5.74, 6) is 1.94. The van der Waals surface area contributed by atoms with Gasteiger partial charge in [-0.25, -0.2) is 8.78 Å². The van der Waals surface area contributed by atoms with E-state index in [4.69, 9.17) is 13.8 Å². The van der Waals surface area contributed by atoms with Crippen molar-refractivity contribution in [2.45, 2.75) is 233 Å². The second kappa shape index (κ2) is 36.1. The molecule has 0 saturated heterocycles. The van der Waals surface area contributed by atoms with Crippen molar-refractivity contribution < 1.29 is 18.3 Å². The average molecular weight is 1080 g/mol. The number of hydrogen-bond acceptors (Lipinski definition) is 6. The predicted molar refractivity (Wildman–Crippen MR) is 325 cm³/mol. The van der Waals surface area contributed by atoms with Gasteiger partial charge in [0, 0.05) is 38.1 Å². The number of halogens is 2. The van der Waals surface area contributed by atoms with E-state index in [1.165, 1.54) is 217 Å². The highest BCUT2D eigenvalue weighted by molar-refractivity contribution is 7.19. The minimum absolute atomic E-state index is 0.285. The van der Waals surface area contributed by atoms with Gasteiger partial charge in [-0.3, -0.25) is 0 Å². The van der Waals surface area contributed by atoms with E-state index in [1.807, 2.05) is 72.8 Å². The molecule has 2 unspecified atom stereocenters. The molecule has 0 fully saturated rings. The summed E-state index contributed by atoms with van der Waals surface area (Å²) in [5, 5.41) is 0. The maximum absolute atomic E-state index is 16.2. The van der Waals surface area contributed by atoms with Gasteiger partial charge < -0.3 is 9.47 Å². The highest BCUT2D eigenvalue weighted by Crippen LogP contribution is 2.42. The van der Waals surface area contributed by atoms with Gasteiger partial charge in [0.05, 0.1) is 24.9 Å². The Hall–Kier alpha value is -4.14. The summed E-state index contributed by atoms with van der Waals surface area (Å²) in [6.07, 6.45) is 41.8. The lowest BCUT2D eigenvalue weighted by Crippen LogP contribution is -2.12. The van der Waals surface area contributed by atoms with Crippen molar-refractivity contribution in [1.82, 2.24) is 8.75 Å². The first-order valence-corrected chi connectivity index (χ1v) is 32.3. The van der Waals surface area contributed by atoms with Crippen LogP contribution in [-0.2, 0) is 0 Å². The molecule has 0 aliphatic carbocycles. The van der Waals surface area contributed by atoms with E-state index in [0.717, 1.165) is 50.5 Å². The molecule has 0 aliphatic heterocycles. The van der Waals surface area contributed by atoms with E-state index in [0.29, 0.717) is 51.9 Å². The standard InChI is InChI=1S/C68H96F2N2O2S2/c1-5-9-13-17-21-23-27-31-34-53(33-29-25-19-15-11-7-3)51-73-57-40-37-55(38-41-57)56-39-43-59(63(69)49-56)60-45-46-62(68-67(60)71-76-72-68)66-48-47-65(75-66)61-44-42-58(50-64(61)70)74-52-54(35-30-26-20-16-12-8-4)36-32-28-24-22-18-14-10-6-2/h37-50,53-54H,5-36,51-52H2,1-4H3. The highest BCUT2D eigenvalue weighted by atomic mass is 32.1. The monoisotopic (exact) mass is 1070 g/mol. The van der Waals surface area contributed by atoms with Crippen LogP contribution in [0.25, 0.3) is 54.2 Å². The molecule has 416 valence electrons. The Morgan fingerprint density at radius 3 is 1.21 bits per heavy atom. The normalized spacial score (nSPS) is 12.4. The molecule has 6 aromatic rings. The molecule has 0 amide bonds. The maximum Gasteiger partial charge on any atom is 0.135 e. The highest BCUT2D eigenvalue weighted by Gasteiger charge is 2.20. The molecular formula is C68H96F2N2O2S2. The molecule has 4 aromatic carbocycles.